The average molecular weight is 234 g/mol. The molecule has 0 aliphatic carbocycles. The molecule has 2 rings (SSSR count). The molecule has 1 aromatic heterocycles. The second-order valence-electron chi connectivity index (χ2n) is 4.06. The number of phenolic OH excluding ortho intramolecular Hbond substituents is 1. The molecule has 2 N–H and O–H groups in total. The molecule has 4 heteroatoms. The molecular weight excluding hydrogens is 220 g/mol. The van der Waals surface area contributed by atoms with Gasteiger partial charge in [0.2, 0.25) is 0 Å². The van der Waals surface area contributed by atoms with Crippen molar-refractivity contribution in [3.63, 3.8) is 0 Å². The Morgan fingerprint density at radius 1 is 1.25 bits per heavy atom. The number of benzene rings is 1. The maximum Gasteiger partial charge on any atom is 0.127 e. The van der Waals surface area contributed by atoms with Crippen molar-refractivity contribution < 1.29 is 5.11 Å². The standard InChI is InChI=1S/C12H14N2OS/c1-8(2)11-7-12(16)14(13-11)9-3-5-10(15)6-4-9/h3-8,13,15H,1-2H3. The number of hydrogen-bond donors (Lipinski definition) is 2. The summed E-state index contributed by atoms with van der Waals surface area (Å²) in [4.78, 5) is 0. The normalized spacial score (nSPS) is 10.9. The van der Waals surface area contributed by atoms with Gasteiger partial charge in [0, 0.05) is 5.69 Å². The van der Waals surface area contributed by atoms with Gasteiger partial charge < -0.3 is 5.11 Å². The molecule has 0 aliphatic heterocycles. The van der Waals surface area contributed by atoms with Crippen LogP contribution in [0.3, 0.4) is 0 Å². The zero-order chi connectivity index (χ0) is 11.7. The topological polar surface area (TPSA) is 41.0 Å². The highest BCUT2D eigenvalue weighted by Crippen LogP contribution is 2.17. The highest BCUT2D eigenvalue weighted by molar-refractivity contribution is 7.71. The van der Waals surface area contributed by atoms with Crippen molar-refractivity contribution in [1.29, 1.82) is 0 Å². The van der Waals surface area contributed by atoms with E-state index in [0.717, 1.165) is 16.0 Å². The molecule has 0 bridgehead atoms. The fraction of sp³-hybridized carbons (Fsp3) is 0.250. The minimum absolute atomic E-state index is 0.255. The summed E-state index contributed by atoms with van der Waals surface area (Å²) in [5.74, 6) is 0.672. The van der Waals surface area contributed by atoms with E-state index in [0.29, 0.717) is 5.92 Å². The SMILES string of the molecule is CC(C)c1cc(=S)n(-c2ccc(O)cc2)[nH]1. The molecule has 0 saturated carbocycles. The number of phenols is 1. The molecule has 16 heavy (non-hydrogen) atoms. The molecule has 0 fully saturated rings. The molecule has 3 nitrogen and oxygen atoms in total. The van der Waals surface area contributed by atoms with E-state index in [2.05, 4.69) is 18.9 Å². The predicted octanol–water partition coefficient (Wildman–Crippen LogP) is 3.36. The first-order valence-electron chi connectivity index (χ1n) is 5.19. The van der Waals surface area contributed by atoms with Gasteiger partial charge in [-0.1, -0.05) is 26.1 Å². The molecular formula is C12H14N2OS. The van der Waals surface area contributed by atoms with Crippen LogP contribution in [0.1, 0.15) is 25.5 Å². The molecule has 0 aliphatic rings. The Morgan fingerprint density at radius 2 is 1.88 bits per heavy atom. The van der Waals surface area contributed by atoms with Gasteiger partial charge in [-0.2, -0.15) is 0 Å². The molecule has 0 spiro atoms. The lowest BCUT2D eigenvalue weighted by atomic mass is 10.1. The first-order valence-corrected chi connectivity index (χ1v) is 5.60. The zero-order valence-corrected chi connectivity index (χ0v) is 10.1. The van der Waals surface area contributed by atoms with Crippen LogP contribution in [0.15, 0.2) is 30.3 Å². The van der Waals surface area contributed by atoms with E-state index < -0.39 is 0 Å². The monoisotopic (exact) mass is 234 g/mol. The van der Waals surface area contributed by atoms with Crippen molar-refractivity contribution in [1.82, 2.24) is 9.78 Å². The van der Waals surface area contributed by atoms with Gasteiger partial charge in [0.25, 0.3) is 0 Å². The summed E-state index contributed by atoms with van der Waals surface area (Å²) in [7, 11) is 0. The van der Waals surface area contributed by atoms with Gasteiger partial charge >= 0.3 is 0 Å². The summed E-state index contributed by atoms with van der Waals surface area (Å²) in [5, 5.41) is 12.5. The third kappa shape index (κ3) is 2.02. The van der Waals surface area contributed by atoms with Gasteiger partial charge in [0.1, 0.15) is 10.4 Å². The van der Waals surface area contributed by atoms with Crippen molar-refractivity contribution in [3.05, 3.63) is 40.7 Å². The van der Waals surface area contributed by atoms with Gasteiger partial charge in [-0.25, -0.2) is 4.68 Å². The molecule has 0 atom stereocenters. The van der Waals surface area contributed by atoms with E-state index in [1.54, 1.807) is 12.1 Å². The molecule has 84 valence electrons. The number of H-pyrrole nitrogens is 1. The Bertz CT molecular complexity index is 537. The second-order valence-corrected chi connectivity index (χ2v) is 4.47. The van der Waals surface area contributed by atoms with Crippen LogP contribution in [0.4, 0.5) is 0 Å². The lowest BCUT2D eigenvalue weighted by Crippen LogP contribution is -1.97. The third-order valence-corrected chi connectivity index (χ3v) is 2.77. The van der Waals surface area contributed by atoms with Crippen molar-refractivity contribution in [3.8, 4) is 11.4 Å². The van der Waals surface area contributed by atoms with Crippen LogP contribution in [0, 0.1) is 4.64 Å². The largest absolute Gasteiger partial charge is 0.508 e. The maximum atomic E-state index is 9.22. The van der Waals surface area contributed by atoms with Crippen molar-refractivity contribution in [2.75, 3.05) is 0 Å². The molecule has 0 saturated heterocycles. The van der Waals surface area contributed by atoms with Gasteiger partial charge in [-0.3, -0.25) is 5.10 Å². The summed E-state index contributed by atoms with van der Waals surface area (Å²) < 4.78 is 2.58. The summed E-state index contributed by atoms with van der Waals surface area (Å²) in [6.07, 6.45) is 0. The van der Waals surface area contributed by atoms with Gasteiger partial charge in [0.15, 0.2) is 0 Å². The molecule has 0 radical (unpaired) electrons. The molecule has 0 unspecified atom stereocenters. The first kappa shape index (κ1) is 11.0. The summed E-state index contributed by atoms with van der Waals surface area (Å²) in [5.41, 5.74) is 2.03. The summed E-state index contributed by atoms with van der Waals surface area (Å²) >= 11 is 5.28. The number of rotatable bonds is 2. The van der Waals surface area contributed by atoms with E-state index >= 15 is 0 Å². The van der Waals surface area contributed by atoms with E-state index in [9.17, 15) is 5.11 Å². The van der Waals surface area contributed by atoms with Crippen LogP contribution in [0.2, 0.25) is 0 Å². The van der Waals surface area contributed by atoms with Crippen LogP contribution in [-0.4, -0.2) is 14.9 Å². The van der Waals surface area contributed by atoms with E-state index in [-0.39, 0.29) is 5.75 Å². The Labute approximate surface area is 99.3 Å². The Hall–Kier alpha value is -1.55. The zero-order valence-electron chi connectivity index (χ0n) is 9.27. The van der Waals surface area contributed by atoms with E-state index in [1.807, 2.05) is 22.9 Å². The number of hydrogen-bond acceptors (Lipinski definition) is 2. The smallest absolute Gasteiger partial charge is 0.127 e. The quantitative estimate of drug-likeness (QED) is 0.782. The van der Waals surface area contributed by atoms with Crippen LogP contribution >= 0.6 is 12.2 Å². The van der Waals surface area contributed by atoms with Crippen LogP contribution in [0.25, 0.3) is 5.69 Å². The maximum absolute atomic E-state index is 9.22. The lowest BCUT2D eigenvalue weighted by molar-refractivity contribution is 0.475. The van der Waals surface area contributed by atoms with Crippen LogP contribution in [0.5, 0.6) is 5.75 Å². The number of nitrogens with zero attached hydrogens (tertiary/aromatic N) is 1. The Kier molecular flexibility index (Phi) is 2.83. The van der Waals surface area contributed by atoms with Crippen LogP contribution < -0.4 is 0 Å². The highest BCUT2D eigenvalue weighted by atomic mass is 32.1. The predicted molar refractivity (Wildman–Crippen MR) is 66.7 cm³/mol. The van der Waals surface area contributed by atoms with Crippen LogP contribution in [-0.2, 0) is 0 Å². The summed E-state index contributed by atoms with van der Waals surface area (Å²) in [6, 6.07) is 8.91. The van der Waals surface area contributed by atoms with E-state index in [1.165, 1.54) is 0 Å². The van der Waals surface area contributed by atoms with Gasteiger partial charge in [-0.05, 0) is 36.2 Å². The Balaban J connectivity index is 2.48. The number of aromatic amines is 1. The molecule has 2 aromatic rings. The number of nitrogens with one attached hydrogen (secondary N) is 1. The van der Waals surface area contributed by atoms with E-state index in [4.69, 9.17) is 12.2 Å². The minimum Gasteiger partial charge on any atom is -0.508 e. The number of aromatic nitrogens is 2. The van der Waals surface area contributed by atoms with Crippen molar-refractivity contribution in [2.45, 2.75) is 19.8 Å². The van der Waals surface area contributed by atoms with Gasteiger partial charge in [0.05, 0.1) is 5.69 Å². The average Bonchev–Trinajstić information content (AvgIpc) is 2.62. The van der Waals surface area contributed by atoms with Gasteiger partial charge in [-0.15, -0.1) is 0 Å². The molecule has 1 heterocycles. The minimum atomic E-state index is 0.255. The fourth-order valence-corrected chi connectivity index (χ4v) is 1.78. The fourth-order valence-electron chi connectivity index (χ4n) is 1.50. The summed E-state index contributed by atoms with van der Waals surface area (Å²) in [6.45, 7) is 4.23. The Morgan fingerprint density at radius 3 is 2.38 bits per heavy atom. The highest BCUT2D eigenvalue weighted by Gasteiger charge is 2.05. The van der Waals surface area contributed by atoms with Crippen molar-refractivity contribution >= 4 is 12.2 Å². The second kappa shape index (κ2) is 4.14. The molecule has 1 aromatic carbocycles. The van der Waals surface area contributed by atoms with Crippen molar-refractivity contribution in [2.24, 2.45) is 0 Å². The third-order valence-electron chi connectivity index (χ3n) is 2.47. The lowest BCUT2D eigenvalue weighted by Gasteiger charge is -2.04. The first-order chi connectivity index (χ1) is 7.58. The molecule has 0 amide bonds. The number of aromatic hydroxyl groups is 1.